The average Bonchev–Trinajstić information content (AvgIpc) is 2.37. The monoisotopic (exact) mass is 276 g/mol. The van der Waals surface area contributed by atoms with Crippen molar-refractivity contribution in [1.29, 1.82) is 0 Å². The van der Waals surface area contributed by atoms with Gasteiger partial charge in [0.25, 0.3) is 0 Å². The van der Waals surface area contributed by atoms with E-state index in [2.05, 4.69) is 0 Å². The van der Waals surface area contributed by atoms with Crippen molar-refractivity contribution in [2.24, 2.45) is 0 Å². The number of ether oxygens (including phenoxy) is 1. The molecule has 0 saturated carbocycles. The van der Waals surface area contributed by atoms with Crippen LogP contribution in [0.25, 0.3) is 6.08 Å². The third-order valence-corrected chi connectivity index (χ3v) is 2.39. The van der Waals surface area contributed by atoms with Crippen molar-refractivity contribution in [1.82, 2.24) is 0 Å². The fourth-order valence-corrected chi connectivity index (χ4v) is 1.43. The molecule has 1 rings (SSSR count). The van der Waals surface area contributed by atoms with E-state index in [1.165, 1.54) is 13.0 Å². The summed E-state index contributed by atoms with van der Waals surface area (Å²) in [5.74, 6) is -1.04. The Bertz CT molecular complexity index is 514. The maximum Gasteiger partial charge on any atom is 0.311 e. The maximum absolute atomic E-state index is 11.4. The number of allylic oxidation sites excluding steroid dienone is 1. The molecule has 0 spiro atoms. The molecule has 0 unspecified atom stereocenters. The van der Waals surface area contributed by atoms with Crippen LogP contribution in [0, 0.1) is 0 Å². The molecular weight excluding hydrogens is 260 g/mol. The van der Waals surface area contributed by atoms with Gasteiger partial charge in [-0.25, -0.2) is 0 Å². The van der Waals surface area contributed by atoms with Crippen LogP contribution >= 0.6 is 0 Å². The van der Waals surface area contributed by atoms with Crippen LogP contribution in [0.15, 0.2) is 30.3 Å². The average molecular weight is 276 g/mol. The van der Waals surface area contributed by atoms with Gasteiger partial charge in [-0.05, 0) is 37.1 Å². The second-order valence-corrected chi connectivity index (χ2v) is 4.23. The zero-order valence-corrected chi connectivity index (χ0v) is 11.2. The molecule has 0 atom stereocenters. The number of ketones is 1. The van der Waals surface area contributed by atoms with E-state index in [0.29, 0.717) is 5.75 Å². The summed E-state index contributed by atoms with van der Waals surface area (Å²) in [4.78, 5) is 32.5. The molecule has 5 nitrogen and oxygen atoms in total. The van der Waals surface area contributed by atoms with Gasteiger partial charge in [-0.3, -0.25) is 14.4 Å². The summed E-state index contributed by atoms with van der Waals surface area (Å²) in [7, 11) is 0. The Hall–Kier alpha value is -2.43. The smallest absolute Gasteiger partial charge is 0.311 e. The first-order valence-electron chi connectivity index (χ1n) is 6.18. The molecule has 0 aromatic heterocycles. The number of rotatable bonds is 7. The number of carboxylic acid groups (broad SMARTS) is 1. The Morgan fingerprint density at radius 1 is 1.15 bits per heavy atom. The van der Waals surface area contributed by atoms with Crippen LogP contribution in [0.3, 0.4) is 0 Å². The molecule has 0 heterocycles. The standard InChI is InChI=1S/C15H16O5/c1-11(16)5-6-12-7-9-13(10-8-12)20-15(19)4-2-3-14(17)18/h5-10H,2-4H2,1H3,(H,17,18)/b6-5+. The minimum atomic E-state index is -0.931. The molecule has 0 aliphatic carbocycles. The zero-order valence-electron chi connectivity index (χ0n) is 11.2. The summed E-state index contributed by atoms with van der Waals surface area (Å²) < 4.78 is 5.05. The van der Waals surface area contributed by atoms with Crippen molar-refractivity contribution >= 4 is 23.8 Å². The fraction of sp³-hybridized carbons (Fsp3) is 0.267. The van der Waals surface area contributed by atoms with E-state index in [1.54, 1.807) is 30.3 Å². The molecule has 0 aliphatic heterocycles. The van der Waals surface area contributed by atoms with Crippen LogP contribution in [-0.2, 0) is 14.4 Å². The minimum Gasteiger partial charge on any atom is -0.481 e. The lowest BCUT2D eigenvalue weighted by Crippen LogP contribution is -2.08. The van der Waals surface area contributed by atoms with Crippen LogP contribution < -0.4 is 4.74 Å². The lowest BCUT2D eigenvalue weighted by molar-refractivity contribution is -0.137. The van der Waals surface area contributed by atoms with Gasteiger partial charge in [-0.1, -0.05) is 18.2 Å². The van der Waals surface area contributed by atoms with Gasteiger partial charge in [0.05, 0.1) is 0 Å². The van der Waals surface area contributed by atoms with Gasteiger partial charge in [0.2, 0.25) is 0 Å². The Balaban J connectivity index is 2.46. The van der Waals surface area contributed by atoms with Gasteiger partial charge in [0, 0.05) is 12.8 Å². The minimum absolute atomic E-state index is 0.0427. The number of aliphatic carboxylic acids is 1. The van der Waals surface area contributed by atoms with Gasteiger partial charge in [0.1, 0.15) is 5.75 Å². The number of carbonyl (C=O) groups excluding carboxylic acids is 2. The third-order valence-electron chi connectivity index (χ3n) is 2.39. The van der Waals surface area contributed by atoms with Crippen LogP contribution in [0.1, 0.15) is 31.7 Å². The van der Waals surface area contributed by atoms with E-state index in [1.807, 2.05) is 0 Å². The zero-order chi connectivity index (χ0) is 15.0. The van der Waals surface area contributed by atoms with Crippen LogP contribution in [-0.4, -0.2) is 22.8 Å². The normalized spacial score (nSPS) is 10.4. The van der Waals surface area contributed by atoms with E-state index in [4.69, 9.17) is 9.84 Å². The summed E-state index contributed by atoms with van der Waals surface area (Å²) in [6.07, 6.45) is 3.39. The Morgan fingerprint density at radius 3 is 2.35 bits per heavy atom. The highest BCUT2D eigenvalue weighted by molar-refractivity contribution is 5.91. The number of hydrogen-bond acceptors (Lipinski definition) is 4. The van der Waals surface area contributed by atoms with Gasteiger partial charge < -0.3 is 9.84 Å². The lowest BCUT2D eigenvalue weighted by Gasteiger charge is -2.04. The molecule has 5 heteroatoms. The molecule has 0 amide bonds. The molecule has 0 bridgehead atoms. The third kappa shape index (κ3) is 6.49. The SMILES string of the molecule is CC(=O)/C=C/c1ccc(OC(=O)CCCC(=O)O)cc1. The van der Waals surface area contributed by atoms with E-state index >= 15 is 0 Å². The van der Waals surface area contributed by atoms with Crippen LogP contribution in [0.4, 0.5) is 0 Å². The second kappa shape index (κ2) is 7.89. The molecule has 20 heavy (non-hydrogen) atoms. The summed E-state index contributed by atoms with van der Waals surface area (Å²) in [5, 5.41) is 8.45. The van der Waals surface area contributed by atoms with Crippen molar-refractivity contribution in [2.45, 2.75) is 26.2 Å². The van der Waals surface area contributed by atoms with Gasteiger partial charge in [-0.15, -0.1) is 0 Å². The Labute approximate surface area is 116 Å². The number of esters is 1. The van der Waals surface area contributed by atoms with Crippen molar-refractivity contribution < 1.29 is 24.2 Å². The first-order valence-corrected chi connectivity index (χ1v) is 6.18. The van der Waals surface area contributed by atoms with Gasteiger partial charge in [-0.2, -0.15) is 0 Å². The summed E-state index contributed by atoms with van der Waals surface area (Å²) in [5.41, 5.74) is 0.825. The highest BCUT2D eigenvalue weighted by Gasteiger charge is 2.06. The molecule has 106 valence electrons. The highest BCUT2D eigenvalue weighted by Crippen LogP contribution is 2.14. The molecule has 1 aromatic carbocycles. The van der Waals surface area contributed by atoms with E-state index in [9.17, 15) is 14.4 Å². The highest BCUT2D eigenvalue weighted by atomic mass is 16.5. The van der Waals surface area contributed by atoms with Crippen LogP contribution in [0.5, 0.6) is 5.75 Å². The second-order valence-electron chi connectivity index (χ2n) is 4.23. The molecule has 0 radical (unpaired) electrons. The summed E-state index contributed by atoms with van der Waals surface area (Å²) >= 11 is 0. The number of hydrogen-bond donors (Lipinski definition) is 1. The summed E-state index contributed by atoms with van der Waals surface area (Å²) in [6.45, 7) is 1.46. The van der Waals surface area contributed by atoms with Crippen molar-refractivity contribution in [2.75, 3.05) is 0 Å². The number of carbonyl (C=O) groups is 3. The van der Waals surface area contributed by atoms with Crippen molar-refractivity contribution in [3.8, 4) is 5.75 Å². The fourth-order valence-electron chi connectivity index (χ4n) is 1.43. The molecule has 0 aliphatic rings. The van der Waals surface area contributed by atoms with Crippen LogP contribution in [0.2, 0.25) is 0 Å². The Kier molecular flexibility index (Phi) is 6.16. The Morgan fingerprint density at radius 2 is 1.80 bits per heavy atom. The lowest BCUT2D eigenvalue weighted by atomic mass is 10.2. The van der Waals surface area contributed by atoms with E-state index in [-0.39, 0.29) is 25.0 Å². The maximum atomic E-state index is 11.4. The quantitative estimate of drug-likeness (QED) is 0.470. The molecular formula is C15H16O5. The van der Waals surface area contributed by atoms with Crippen molar-refractivity contribution in [3.63, 3.8) is 0 Å². The van der Waals surface area contributed by atoms with Gasteiger partial charge in [0.15, 0.2) is 5.78 Å². The summed E-state index contributed by atoms with van der Waals surface area (Å²) in [6, 6.07) is 6.68. The van der Waals surface area contributed by atoms with E-state index in [0.717, 1.165) is 5.56 Å². The van der Waals surface area contributed by atoms with Crippen molar-refractivity contribution in [3.05, 3.63) is 35.9 Å². The first kappa shape index (κ1) is 15.6. The molecule has 1 aromatic rings. The number of benzene rings is 1. The number of carboxylic acids is 1. The predicted molar refractivity (Wildman–Crippen MR) is 73.3 cm³/mol. The molecule has 0 fully saturated rings. The molecule has 1 N–H and O–H groups in total. The van der Waals surface area contributed by atoms with E-state index < -0.39 is 11.9 Å². The predicted octanol–water partition coefficient (Wildman–Crippen LogP) is 2.45. The van der Waals surface area contributed by atoms with Gasteiger partial charge >= 0.3 is 11.9 Å². The largest absolute Gasteiger partial charge is 0.481 e. The first-order chi connectivity index (χ1) is 9.47. The molecule has 0 saturated heterocycles. The topological polar surface area (TPSA) is 80.7 Å².